The Morgan fingerprint density at radius 1 is 1.00 bits per heavy atom. The van der Waals surface area contributed by atoms with Crippen molar-refractivity contribution in [1.29, 1.82) is 0 Å². The van der Waals surface area contributed by atoms with Crippen molar-refractivity contribution in [3.8, 4) is 0 Å². The quantitative estimate of drug-likeness (QED) is 0.784. The number of carbonyl (C=O) groups is 1. The van der Waals surface area contributed by atoms with Crippen molar-refractivity contribution in [2.24, 2.45) is 5.92 Å². The zero-order valence-electron chi connectivity index (χ0n) is 12.6. The molecule has 0 aliphatic heterocycles. The van der Waals surface area contributed by atoms with Gasteiger partial charge in [0, 0.05) is 12.1 Å². The normalized spacial score (nSPS) is 11.9. The fourth-order valence-electron chi connectivity index (χ4n) is 2.45. The van der Waals surface area contributed by atoms with Crippen LogP contribution in [0, 0.1) is 5.92 Å². The monoisotopic (exact) mass is 281 g/mol. The molecule has 2 rings (SSSR count). The van der Waals surface area contributed by atoms with Gasteiger partial charge in [0.15, 0.2) is 0 Å². The maximum absolute atomic E-state index is 11.9. The van der Waals surface area contributed by atoms with Crippen LogP contribution in [0.3, 0.4) is 0 Å². The van der Waals surface area contributed by atoms with E-state index in [-0.39, 0.29) is 5.91 Å². The fourth-order valence-corrected chi connectivity index (χ4v) is 2.45. The van der Waals surface area contributed by atoms with E-state index >= 15 is 0 Å². The highest BCUT2D eigenvalue weighted by atomic mass is 16.1. The second-order valence-electron chi connectivity index (χ2n) is 5.60. The lowest BCUT2D eigenvalue weighted by molar-refractivity contribution is -0.117. The SMILES string of the molecule is CC(CCCc1ccccc1)CC(=O)Nc1ccccc1. The standard InChI is InChI=1S/C19H23NO/c1-16(9-8-12-17-10-4-2-5-11-17)15-19(21)20-18-13-6-3-7-14-18/h2-7,10-11,13-14,16H,8-9,12,15H2,1H3,(H,20,21). The van der Waals surface area contributed by atoms with E-state index in [1.54, 1.807) is 0 Å². The molecule has 0 spiro atoms. The number of hydrogen-bond donors (Lipinski definition) is 1. The second-order valence-corrected chi connectivity index (χ2v) is 5.60. The molecule has 2 heteroatoms. The molecule has 2 aromatic carbocycles. The maximum Gasteiger partial charge on any atom is 0.224 e. The van der Waals surface area contributed by atoms with Crippen molar-refractivity contribution >= 4 is 11.6 Å². The fraction of sp³-hybridized carbons (Fsp3) is 0.316. The van der Waals surface area contributed by atoms with Gasteiger partial charge in [-0.2, -0.15) is 0 Å². The van der Waals surface area contributed by atoms with Crippen LogP contribution >= 0.6 is 0 Å². The molecule has 110 valence electrons. The second kappa shape index (κ2) is 8.25. The third-order valence-electron chi connectivity index (χ3n) is 3.60. The van der Waals surface area contributed by atoms with E-state index in [1.807, 2.05) is 36.4 Å². The first-order valence-electron chi connectivity index (χ1n) is 7.63. The van der Waals surface area contributed by atoms with Crippen molar-refractivity contribution < 1.29 is 4.79 Å². The zero-order chi connectivity index (χ0) is 14.9. The van der Waals surface area contributed by atoms with Gasteiger partial charge in [0.2, 0.25) is 5.91 Å². The van der Waals surface area contributed by atoms with Crippen LogP contribution in [0.2, 0.25) is 0 Å². The average molecular weight is 281 g/mol. The Bertz CT molecular complexity index is 536. The lowest BCUT2D eigenvalue weighted by Crippen LogP contribution is -2.15. The highest BCUT2D eigenvalue weighted by Crippen LogP contribution is 2.15. The van der Waals surface area contributed by atoms with Crippen LogP contribution in [0.25, 0.3) is 0 Å². The molecule has 1 unspecified atom stereocenters. The molecule has 21 heavy (non-hydrogen) atoms. The Kier molecular flexibility index (Phi) is 6.01. The number of nitrogens with one attached hydrogen (secondary N) is 1. The highest BCUT2D eigenvalue weighted by Gasteiger charge is 2.09. The van der Waals surface area contributed by atoms with Crippen LogP contribution < -0.4 is 5.32 Å². The minimum absolute atomic E-state index is 0.105. The van der Waals surface area contributed by atoms with Gasteiger partial charge in [-0.25, -0.2) is 0 Å². The number of benzene rings is 2. The molecule has 0 radical (unpaired) electrons. The molecule has 0 saturated carbocycles. The third-order valence-corrected chi connectivity index (χ3v) is 3.60. The van der Waals surface area contributed by atoms with E-state index in [2.05, 4.69) is 36.5 Å². The third kappa shape index (κ3) is 5.82. The Labute approximate surface area is 127 Å². The molecule has 0 aliphatic carbocycles. The highest BCUT2D eigenvalue weighted by molar-refractivity contribution is 5.90. The van der Waals surface area contributed by atoms with Gasteiger partial charge in [0.25, 0.3) is 0 Å². The number of rotatable bonds is 7. The number of amides is 1. The number of para-hydroxylation sites is 1. The van der Waals surface area contributed by atoms with Gasteiger partial charge in [-0.3, -0.25) is 4.79 Å². The number of anilines is 1. The lowest BCUT2D eigenvalue weighted by atomic mass is 9.98. The Morgan fingerprint density at radius 2 is 1.62 bits per heavy atom. The zero-order valence-corrected chi connectivity index (χ0v) is 12.6. The van der Waals surface area contributed by atoms with Crippen molar-refractivity contribution in [3.63, 3.8) is 0 Å². The summed E-state index contributed by atoms with van der Waals surface area (Å²) < 4.78 is 0. The van der Waals surface area contributed by atoms with Gasteiger partial charge in [-0.05, 0) is 42.9 Å². The van der Waals surface area contributed by atoms with E-state index in [4.69, 9.17) is 0 Å². The summed E-state index contributed by atoms with van der Waals surface area (Å²) in [5.41, 5.74) is 2.25. The van der Waals surface area contributed by atoms with E-state index in [0.717, 1.165) is 24.9 Å². The molecular weight excluding hydrogens is 258 g/mol. The van der Waals surface area contributed by atoms with E-state index in [9.17, 15) is 4.79 Å². The summed E-state index contributed by atoms with van der Waals surface area (Å²) >= 11 is 0. The topological polar surface area (TPSA) is 29.1 Å². The Hall–Kier alpha value is -2.09. The first kappa shape index (κ1) is 15.3. The lowest BCUT2D eigenvalue weighted by Gasteiger charge is -2.11. The molecule has 0 heterocycles. The summed E-state index contributed by atoms with van der Waals surface area (Å²) in [6.45, 7) is 2.15. The summed E-state index contributed by atoms with van der Waals surface area (Å²) in [5.74, 6) is 0.519. The van der Waals surface area contributed by atoms with Crippen LogP contribution in [0.15, 0.2) is 60.7 Å². The molecular formula is C19H23NO. The van der Waals surface area contributed by atoms with Gasteiger partial charge >= 0.3 is 0 Å². The molecule has 1 atom stereocenters. The van der Waals surface area contributed by atoms with Crippen molar-refractivity contribution in [2.45, 2.75) is 32.6 Å². The van der Waals surface area contributed by atoms with Crippen molar-refractivity contribution in [2.75, 3.05) is 5.32 Å². The van der Waals surface area contributed by atoms with E-state index < -0.39 is 0 Å². The summed E-state index contributed by atoms with van der Waals surface area (Å²) in [5, 5.41) is 2.94. The first-order chi connectivity index (χ1) is 10.2. The van der Waals surface area contributed by atoms with Gasteiger partial charge in [0.05, 0.1) is 0 Å². The Balaban J connectivity index is 1.67. The van der Waals surface area contributed by atoms with Crippen LogP contribution in [-0.4, -0.2) is 5.91 Å². The number of aryl methyl sites for hydroxylation is 1. The molecule has 0 bridgehead atoms. The summed E-state index contributed by atoms with van der Waals surface area (Å²) in [6, 6.07) is 20.1. The average Bonchev–Trinajstić information content (AvgIpc) is 2.49. The minimum Gasteiger partial charge on any atom is -0.326 e. The molecule has 2 aromatic rings. The molecule has 0 saturated heterocycles. The van der Waals surface area contributed by atoms with Crippen molar-refractivity contribution in [3.05, 3.63) is 66.2 Å². The summed E-state index contributed by atoms with van der Waals surface area (Å²) in [4.78, 5) is 11.9. The van der Waals surface area contributed by atoms with Gasteiger partial charge in [-0.15, -0.1) is 0 Å². The summed E-state index contributed by atoms with van der Waals surface area (Å²) in [6.07, 6.45) is 3.88. The van der Waals surface area contributed by atoms with E-state index in [0.29, 0.717) is 12.3 Å². The minimum atomic E-state index is 0.105. The van der Waals surface area contributed by atoms with Crippen LogP contribution in [0.5, 0.6) is 0 Å². The maximum atomic E-state index is 11.9. The predicted molar refractivity (Wildman–Crippen MR) is 88.2 cm³/mol. The van der Waals surface area contributed by atoms with Crippen molar-refractivity contribution in [1.82, 2.24) is 0 Å². The smallest absolute Gasteiger partial charge is 0.224 e. The largest absolute Gasteiger partial charge is 0.326 e. The molecule has 0 fully saturated rings. The van der Waals surface area contributed by atoms with Gasteiger partial charge in [-0.1, -0.05) is 55.5 Å². The van der Waals surface area contributed by atoms with Gasteiger partial charge < -0.3 is 5.32 Å². The predicted octanol–water partition coefficient (Wildman–Crippen LogP) is 4.67. The van der Waals surface area contributed by atoms with Gasteiger partial charge in [0.1, 0.15) is 0 Å². The van der Waals surface area contributed by atoms with Crippen LogP contribution in [0.4, 0.5) is 5.69 Å². The number of hydrogen-bond acceptors (Lipinski definition) is 1. The van der Waals surface area contributed by atoms with Crippen LogP contribution in [0.1, 0.15) is 31.7 Å². The Morgan fingerprint density at radius 3 is 2.29 bits per heavy atom. The first-order valence-corrected chi connectivity index (χ1v) is 7.63. The molecule has 0 aromatic heterocycles. The molecule has 0 aliphatic rings. The summed E-state index contributed by atoms with van der Waals surface area (Å²) in [7, 11) is 0. The molecule has 1 amide bonds. The van der Waals surface area contributed by atoms with Crippen LogP contribution in [-0.2, 0) is 11.2 Å². The molecule has 2 nitrogen and oxygen atoms in total. The molecule has 1 N–H and O–H groups in total. The van der Waals surface area contributed by atoms with E-state index in [1.165, 1.54) is 5.56 Å². The number of carbonyl (C=O) groups excluding carboxylic acids is 1.